The molecule has 0 aliphatic carbocycles. The Hall–Kier alpha value is -3.07. The predicted octanol–water partition coefficient (Wildman–Crippen LogP) is 4.80. The second kappa shape index (κ2) is 6.79. The number of ether oxygens (including phenoxy) is 1. The molecule has 0 bridgehead atoms. The molecule has 2 aromatic carbocycles. The van der Waals surface area contributed by atoms with Gasteiger partial charge in [0.2, 0.25) is 0 Å². The minimum Gasteiger partial charge on any atom is -0.466 e. The van der Waals surface area contributed by atoms with E-state index in [1.807, 2.05) is 42.5 Å². The minimum atomic E-state index is -0.380. The van der Waals surface area contributed by atoms with Crippen molar-refractivity contribution in [3.05, 3.63) is 78.6 Å². The molecule has 0 aliphatic heterocycles. The van der Waals surface area contributed by atoms with Gasteiger partial charge in [0.25, 0.3) is 0 Å². The first-order valence-corrected chi connectivity index (χ1v) is 7.27. The van der Waals surface area contributed by atoms with E-state index < -0.39 is 0 Å². The Balaban J connectivity index is 2.07. The third-order valence-electron chi connectivity index (χ3n) is 3.48. The second-order valence-electron chi connectivity index (χ2n) is 5.04. The molecule has 3 heteroatoms. The molecule has 0 spiro atoms. The largest absolute Gasteiger partial charge is 0.466 e. The van der Waals surface area contributed by atoms with E-state index in [1.54, 1.807) is 12.3 Å². The highest BCUT2D eigenvalue weighted by Crippen LogP contribution is 2.29. The SMILES string of the molecule is COC(=O)/C=C/c1cc(-c2ccccc2)cc(-c2ccco2)c1. The number of hydrogen-bond acceptors (Lipinski definition) is 3. The van der Waals surface area contributed by atoms with E-state index in [2.05, 4.69) is 22.9 Å². The molecular weight excluding hydrogens is 288 g/mol. The molecule has 0 saturated heterocycles. The fourth-order valence-electron chi connectivity index (χ4n) is 2.36. The first-order chi connectivity index (χ1) is 11.3. The summed E-state index contributed by atoms with van der Waals surface area (Å²) in [5.41, 5.74) is 4.03. The Morgan fingerprint density at radius 2 is 1.74 bits per heavy atom. The van der Waals surface area contributed by atoms with Crippen molar-refractivity contribution in [1.29, 1.82) is 0 Å². The van der Waals surface area contributed by atoms with Gasteiger partial charge in [0, 0.05) is 11.6 Å². The molecule has 1 aromatic heterocycles. The number of rotatable bonds is 4. The maximum absolute atomic E-state index is 11.3. The van der Waals surface area contributed by atoms with Crippen LogP contribution in [0.5, 0.6) is 0 Å². The molecule has 3 aromatic rings. The van der Waals surface area contributed by atoms with Crippen molar-refractivity contribution in [2.45, 2.75) is 0 Å². The van der Waals surface area contributed by atoms with Crippen LogP contribution in [0.1, 0.15) is 5.56 Å². The van der Waals surface area contributed by atoms with Crippen LogP contribution in [0, 0.1) is 0 Å². The van der Waals surface area contributed by atoms with E-state index in [-0.39, 0.29) is 5.97 Å². The molecule has 0 N–H and O–H groups in total. The van der Waals surface area contributed by atoms with E-state index in [9.17, 15) is 4.79 Å². The zero-order valence-electron chi connectivity index (χ0n) is 12.7. The molecule has 0 amide bonds. The van der Waals surface area contributed by atoms with Crippen molar-refractivity contribution in [2.75, 3.05) is 7.11 Å². The summed E-state index contributed by atoms with van der Waals surface area (Å²) in [4.78, 5) is 11.3. The maximum atomic E-state index is 11.3. The van der Waals surface area contributed by atoms with E-state index in [0.29, 0.717) is 0 Å². The van der Waals surface area contributed by atoms with Gasteiger partial charge < -0.3 is 9.15 Å². The lowest BCUT2D eigenvalue weighted by atomic mass is 9.98. The summed E-state index contributed by atoms with van der Waals surface area (Å²) in [5.74, 6) is 0.408. The lowest BCUT2D eigenvalue weighted by Crippen LogP contribution is -1.93. The van der Waals surface area contributed by atoms with Crippen molar-refractivity contribution in [2.24, 2.45) is 0 Å². The highest BCUT2D eigenvalue weighted by Gasteiger charge is 2.06. The highest BCUT2D eigenvalue weighted by atomic mass is 16.5. The summed E-state index contributed by atoms with van der Waals surface area (Å²) in [7, 11) is 1.36. The van der Waals surface area contributed by atoms with Gasteiger partial charge in [0.05, 0.1) is 13.4 Å². The minimum absolute atomic E-state index is 0.380. The third-order valence-corrected chi connectivity index (χ3v) is 3.48. The van der Waals surface area contributed by atoms with Gasteiger partial charge in [0.1, 0.15) is 5.76 Å². The summed E-state index contributed by atoms with van der Waals surface area (Å²) in [6.07, 6.45) is 4.80. The Morgan fingerprint density at radius 3 is 2.43 bits per heavy atom. The van der Waals surface area contributed by atoms with Crippen LogP contribution in [-0.4, -0.2) is 13.1 Å². The zero-order valence-corrected chi connectivity index (χ0v) is 12.7. The van der Waals surface area contributed by atoms with Gasteiger partial charge in [0.15, 0.2) is 0 Å². The molecule has 3 nitrogen and oxygen atoms in total. The fraction of sp³-hybridized carbons (Fsp3) is 0.0500. The summed E-state index contributed by atoms with van der Waals surface area (Å²) < 4.78 is 10.1. The van der Waals surface area contributed by atoms with Gasteiger partial charge in [-0.2, -0.15) is 0 Å². The van der Waals surface area contributed by atoms with Gasteiger partial charge in [-0.3, -0.25) is 0 Å². The van der Waals surface area contributed by atoms with Crippen LogP contribution in [0.25, 0.3) is 28.5 Å². The summed E-state index contributed by atoms with van der Waals surface area (Å²) >= 11 is 0. The average molecular weight is 304 g/mol. The van der Waals surface area contributed by atoms with E-state index in [0.717, 1.165) is 28.0 Å². The van der Waals surface area contributed by atoms with Crippen LogP contribution in [0.2, 0.25) is 0 Å². The van der Waals surface area contributed by atoms with E-state index >= 15 is 0 Å². The Bertz CT molecular complexity index is 815. The molecule has 114 valence electrons. The molecule has 0 fully saturated rings. The van der Waals surface area contributed by atoms with E-state index in [1.165, 1.54) is 13.2 Å². The third kappa shape index (κ3) is 3.58. The van der Waals surface area contributed by atoms with Gasteiger partial charge >= 0.3 is 5.97 Å². The molecule has 3 rings (SSSR count). The summed E-state index contributed by atoms with van der Waals surface area (Å²) in [6.45, 7) is 0. The standard InChI is InChI=1S/C20H16O3/c1-22-20(21)10-9-15-12-17(16-6-3-2-4-7-16)14-18(13-15)19-8-5-11-23-19/h2-14H,1H3/b10-9+. The molecule has 0 radical (unpaired) electrons. The molecule has 1 heterocycles. The molecule has 0 unspecified atom stereocenters. The smallest absolute Gasteiger partial charge is 0.330 e. The number of furan rings is 1. The number of hydrogen-bond donors (Lipinski definition) is 0. The van der Waals surface area contributed by atoms with Crippen LogP contribution in [-0.2, 0) is 9.53 Å². The Labute approximate surface area is 134 Å². The number of methoxy groups -OCH3 is 1. The van der Waals surface area contributed by atoms with E-state index in [4.69, 9.17) is 4.42 Å². The summed E-state index contributed by atoms with van der Waals surface area (Å²) in [6, 6.07) is 19.9. The fourth-order valence-corrected chi connectivity index (χ4v) is 2.36. The zero-order chi connectivity index (χ0) is 16.1. The second-order valence-corrected chi connectivity index (χ2v) is 5.04. The van der Waals surface area contributed by atoms with Crippen molar-refractivity contribution in [1.82, 2.24) is 0 Å². The highest BCUT2D eigenvalue weighted by molar-refractivity contribution is 5.88. The topological polar surface area (TPSA) is 39.4 Å². The number of carbonyl (C=O) groups is 1. The maximum Gasteiger partial charge on any atom is 0.330 e. The van der Waals surface area contributed by atoms with Crippen LogP contribution >= 0.6 is 0 Å². The first-order valence-electron chi connectivity index (χ1n) is 7.27. The van der Waals surface area contributed by atoms with Crippen molar-refractivity contribution in [3.8, 4) is 22.5 Å². The normalized spacial score (nSPS) is 10.8. The monoisotopic (exact) mass is 304 g/mol. The van der Waals surface area contributed by atoms with Crippen molar-refractivity contribution in [3.63, 3.8) is 0 Å². The molecular formula is C20H16O3. The van der Waals surface area contributed by atoms with Crippen molar-refractivity contribution >= 4 is 12.0 Å². The quantitative estimate of drug-likeness (QED) is 0.513. The Morgan fingerprint density at radius 1 is 0.957 bits per heavy atom. The molecule has 0 atom stereocenters. The lowest BCUT2D eigenvalue weighted by Gasteiger charge is -2.07. The van der Waals surface area contributed by atoms with Crippen LogP contribution < -0.4 is 0 Å². The lowest BCUT2D eigenvalue weighted by molar-refractivity contribution is -0.134. The van der Waals surface area contributed by atoms with Gasteiger partial charge in [-0.05, 0) is 53.1 Å². The molecule has 0 aliphatic rings. The average Bonchev–Trinajstić information content (AvgIpc) is 3.15. The predicted molar refractivity (Wildman–Crippen MR) is 90.6 cm³/mol. The van der Waals surface area contributed by atoms with Crippen LogP contribution in [0.3, 0.4) is 0 Å². The van der Waals surface area contributed by atoms with Crippen molar-refractivity contribution < 1.29 is 13.9 Å². The number of carbonyl (C=O) groups excluding carboxylic acids is 1. The number of benzene rings is 2. The van der Waals surface area contributed by atoms with Crippen LogP contribution in [0.15, 0.2) is 77.4 Å². The van der Waals surface area contributed by atoms with Gasteiger partial charge in [-0.1, -0.05) is 30.3 Å². The summed E-state index contributed by atoms with van der Waals surface area (Å²) in [5, 5.41) is 0. The van der Waals surface area contributed by atoms with Gasteiger partial charge in [-0.25, -0.2) is 4.79 Å². The molecule has 0 saturated carbocycles. The number of esters is 1. The van der Waals surface area contributed by atoms with Crippen LogP contribution in [0.4, 0.5) is 0 Å². The van der Waals surface area contributed by atoms with Gasteiger partial charge in [-0.15, -0.1) is 0 Å². The first kappa shape index (κ1) is 14.9. The molecule has 23 heavy (non-hydrogen) atoms. The Kier molecular flexibility index (Phi) is 4.39.